The van der Waals surface area contributed by atoms with Gasteiger partial charge in [-0.05, 0) is 62.6 Å². The fourth-order valence-electron chi connectivity index (χ4n) is 2.91. The van der Waals surface area contributed by atoms with Crippen molar-refractivity contribution < 1.29 is 0 Å². The maximum atomic E-state index is 3.70. The molecule has 0 spiro atoms. The van der Waals surface area contributed by atoms with E-state index in [0.29, 0.717) is 6.04 Å². The quantitative estimate of drug-likeness (QED) is 0.802. The molecule has 0 saturated heterocycles. The van der Waals surface area contributed by atoms with Crippen LogP contribution in [-0.2, 0) is 6.42 Å². The first-order chi connectivity index (χ1) is 8.61. The molecule has 0 radical (unpaired) electrons. The molecule has 0 aliphatic heterocycles. The summed E-state index contributed by atoms with van der Waals surface area (Å²) in [5, 5.41) is 3.70. The van der Waals surface area contributed by atoms with E-state index in [9.17, 15) is 0 Å². The van der Waals surface area contributed by atoms with Gasteiger partial charge in [-0.25, -0.2) is 0 Å². The summed E-state index contributed by atoms with van der Waals surface area (Å²) >= 11 is 0. The first kappa shape index (κ1) is 13.6. The van der Waals surface area contributed by atoms with Gasteiger partial charge in [-0.1, -0.05) is 37.6 Å². The number of hydrogen-bond donors (Lipinski definition) is 1. The van der Waals surface area contributed by atoms with Gasteiger partial charge in [-0.3, -0.25) is 0 Å². The van der Waals surface area contributed by atoms with Crippen molar-refractivity contribution in [2.24, 2.45) is 11.8 Å². The molecule has 1 saturated carbocycles. The largest absolute Gasteiger partial charge is 0.314 e. The van der Waals surface area contributed by atoms with Crippen molar-refractivity contribution in [3.63, 3.8) is 0 Å². The molecule has 2 rings (SSSR count). The second kappa shape index (κ2) is 5.88. The fraction of sp³-hybridized carbons (Fsp3) is 0.647. The average molecular weight is 245 g/mol. The number of benzene rings is 1. The molecule has 18 heavy (non-hydrogen) atoms. The van der Waals surface area contributed by atoms with Crippen molar-refractivity contribution in [3.05, 3.63) is 34.9 Å². The number of aryl methyl sites for hydroxylation is 2. The number of likely N-dealkylation sites (N-methyl/N-ethyl adjacent to an activating group) is 1. The smallest absolute Gasteiger partial charge is 0.0136 e. The number of hydrogen-bond acceptors (Lipinski definition) is 1. The van der Waals surface area contributed by atoms with E-state index in [1.54, 1.807) is 0 Å². The maximum absolute atomic E-state index is 3.70. The van der Waals surface area contributed by atoms with E-state index in [2.05, 4.69) is 51.2 Å². The summed E-state index contributed by atoms with van der Waals surface area (Å²) in [7, 11) is 0. The van der Waals surface area contributed by atoms with Gasteiger partial charge in [-0.2, -0.15) is 0 Å². The lowest BCUT2D eigenvalue weighted by Crippen LogP contribution is -2.37. The Morgan fingerprint density at radius 1 is 1.28 bits per heavy atom. The van der Waals surface area contributed by atoms with Gasteiger partial charge in [0.2, 0.25) is 0 Å². The van der Waals surface area contributed by atoms with Crippen LogP contribution in [0.4, 0.5) is 0 Å². The van der Waals surface area contributed by atoms with Gasteiger partial charge in [0.05, 0.1) is 0 Å². The minimum Gasteiger partial charge on any atom is -0.314 e. The topological polar surface area (TPSA) is 12.0 Å². The van der Waals surface area contributed by atoms with E-state index < -0.39 is 0 Å². The summed E-state index contributed by atoms with van der Waals surface area (Å²) in [5.41, 5.74) is 4.34. The van der Waals surface area contributed by atoms with Crippen LogP contribution < -0.4 is 5.32 Å². The molecule has 2 atom stereocenters. The average Bonchev–Trinajstić information content (AvgIpc) is 3.16. The summed E-state index contributed by atoms with van der Waals surface area (Å²) in [6, 6.07) is 7.48. The van der Waals surface area contributed by atoms with Crippen molar-refractivity contribution in [2.75, 3.05) is 6.54 Å². The van der Waals surface area contributed by atoms with Crippen LogP contribution in [-0.4, -0.2) is 12.6 Å². The summed E-state index contributed by atoms with van der Waals surface area (Å²) in [5.74, 6) is 1.78. The van der Waals surface area contributed by atoms with Gasteiger partial charge in [-0.15, -0.1) is 0 Å². The zero-order valence-electron chi connectivity index (χ0n) is 12.3. The molecule has 0 amide bonds. The lowest BCUT2D eigenvalue weighted by molar-refractivity contribution is 0.344. The van der Waals surface area contributed by atoms with Crippen LogP contribution in [0.1, 0.15) is 43.4 Å². The van der Waals surface area contributed by atoms with Gasteiger partial charge in [0.1, 0.15) is 0 Å². The molecule has 1 aliphatic carbocycles. The summed E-state index contributed by atoms with van der Waals surface area (Å²) < 4.78 is 0. The van der Waals surface area contributed by atoms with E-state index in [1.807, 2.05) is 0 Å². The first-order valence-electron chi connectivity index (χ1n) is 7.41. The molecule has 100 valence electrons. The molecular weight excluding hydrogens is 218 g/mol. The Bertz CT molecular complexity index is 393. The van der Waals surface area contributed by atoms with Crippen LogP contribution in [0, 0.1) is 25.7 Å². The van der Waals surface area contributed by atoms with Crippen LogP contribution >= 0.6 is 0 Å². The third-order valence-corrected chi connectivity index (χ3v) is 4.41. The normalized spacial score (nSPS) is 18.7. The van der Waals surface area contributed by atoms with Gasteiger partial charge in [0.25, 0.3) is 0 Å². The minimum atomic E-state index is 0.642. The van der Waals surface area contributed by atoms with Gasteiger partial charge < -0.3 is 5.32 Å². The molecule has 1 N–H and O–H groups in total. The van der Waals surface area contributed by atoms with Gasteiger partial charge in [0, 0.05) is 6.04 Å². The van der Waals surface area contributed by atoms with Crippen molar-refractivity contribution in [2.45, 2.75) is 53.0 Å². The highest BCUT2D eigenvalue weighted by Crippen LogP contribution is 2.39. The molecular formula is C17H27N. The van der Waals surface area contributed by atoms with Crippen LogP contribution in [0.25, 0.3) is 0 Å². The lowest BCUT2D eigenvalue weighted by Gasteiger charge is -2.25. The Hall–Kier alpha value is -0.820. The molecule has 1 nitrogen and oxygen atoms in total. The zero-order chi connectivity index (χ0) is 13.1. The van der Waals surface area contributed by atoms with E-state index in [4.69, 9.17) is 0 Å². The number of nitrogens with one attached hydrogen (secondary N) is 1. The SMILES string of the molecule is CCNC(Cc1cc(C)ccc1C)C(C)C1CC1. The molecule has 0 bridgehead atoms. The van der Waals surface area contributed by atoms with E-state index >= 15 is 0 Å². The molecule has 1 aromatic rings. The maximum Gasteiger partial charge on any atom is 0.0136 e. The zero-order valence-corrected chi connectivity index (χ0v) is 12.3. The second-order valence-electron chi connectivity index (χ2n) is 5.99. The fourth-order valence-corrected chi connectivity index (χ4v) is 2.91. The molecule has 0 heterocycles. The van der Waals surface area contributed by atoms with Crippen LogP contribution in [0.15, 0.2) is 18.2 Å². The van der Waals surface area contributed by atoms with E-state index in [0.717, 1.165) is 18.4 Å². The molecule has 1 fully saturated rings. The van der Waals surface area contributed by atoms with Gasteiger partial charge in [0.15, 0.2) is 0 Å². The minimum absolute atomic E-state index is 0.642. The standard InChI is InChI=1S/C17H27N/c1-5-18-17(14(4)15-8-9-15)11-16-10-12(2)6-7-13(16)3/h6-7,10,14-15,17-18H,5,8-9,11H2,1-4H3. The van der Waals surface area contributed by atoms with Crippen LogP contribution in [0.2, 0.25) is 0 Å². The Balaban J connectivity index is 2.09. The Kier molecular flexibility index (Phi) is 4.45. The predicted octanol–water partition coefficient (Wildman–Crippen LogP) is 3.87. The van der Waals surface area contributed by atoms with Gasteiger partial charge >= 0.3 is 0 Å². The second-order valence-corrected chi connectivity index (χ2v) is 5.99. The molecule has 1 aliphatic rings. The third kappa shape index (κ3) is 3.35. The summed E-state index contributed by atoms with van der Waals surface area (Å²) in [4.78, 5) is 0. The third-order valence-electron chi connectivity index (χ3n) is 4.41. The predicted molar refractivity (Wildman–Crippen MR) is 79.0 cm³/mol. The van der Waals surface area contributed by atoms with Crippen molar-refractivity contribution in [1.29, 1.82) is 0 Å². The number of rotatable bonds is 6. The summed E-state index contributed by atoms with van der Waals surface area (Å²) in [6.45, 7) is 10.1. The highest BCUT2D eigenvalue weighted by Gasteiger charge is 2.33. The van der Waals surface area contributed by atoms with Crippen LogP contribution in [0.5, 0.6) is 0 Å². The van der Waals surface area contributed by atoms with E-state index in [-0.39, 0.29) is 0 Å². The summed E-state index contributed by atoms with van der Waals surface area (Å²) in [6.07, 6.45) is 4.06. The Morgan fingerprint density at radius 3 is 2.61 bits per heavy atom. The van der Waals surface area contributed by atoms with Crippen molar-refractivity contribution >= 4 is 0 Å². The first-order valence-corrected chi connectivity index (χ1v) is 7.41. The Morgan fingerprint density at radius 2 is 2.00 bits per heavy atom. The highest BCUT2D eigenvalue weighted by molar-refractivity contribution is 5.31. The van der Waals surface area contributed by atoms with Crippen LogP contribution in [0.3, 0.4) is 0 Å². The highest BCUT2D eigenvalue weighted by atomic mass is 14.9. The van der Waals surface area contributed by atoms with Crippen molar-refractivity contribution in [1.82, 2.24) is 5.32 Å². The molecule has 1 aromatic carbocycles. The molecule has 1 heteroatoms. The molecule has 0 aromatic heterocycles. The van der Waals surface area contributed by atoms with Crippen molar-refractivity contribution in [3.8, 4) is 0 Å². The van der Waals surface area contributed by atoms with E-state index in [1.165, 1.54) is 36.0 Å². The lowest BCUT2D eigenvalue weighted by atomic mass is 9.89. The Labute approximate surface area is 112 Å². The molecule has 2 unspecified atom stereocenters. The monoisotopic (exact) mass is 245 g/mol.